The van der Waals surface area contributed by atoms with Crippen LogP contribution in [0.25, 0.3) is 22.4 Å². The molecule has 0 N–H and O–H groups in total. The summed E-state index contributed by atoms with van der Waals surface area (Å²) < 4.78 is 34.7. The molecule has 9 heteroatoms. The van der Waals surface area contributed by atoms with Crippen molar-refractivity contribution < 1.29 is 18.3 Å². The first-order valence-electron chi connectivity index (χ1n) is 9.09. The number of aromatic nitrogens is 1. The topological polar surface area (TPSA) is 48.3 Å². The van der Waals surface area contributed by atoms with Crippen LogP contribution >= 0.6 is 34.8 Å². The first-order valence-corrected chi connectivity index (χ1v) is 10.2. The Balaban J connectivity index is 2.54. The van der Waals surface area contributed by atoms with E-state index >= 15 is 0 Å². The van der Waals surface area contributed by atoms with Crippen LogP contribution in [0.1, 0.15) is 29.4 Å². The third-order valence-corrected chi connectivity index (χ3v) is 5.74. The summed E-state index contributed by atoms with van der Waals surface area (Å²) in [4.78, 5) is 26.1. The fraction of sp³-hybridized carbons (Fsp3) is 0.182. The van der Waals surface area contributed by atoms with E-state index in [0.717, 1.165) is 7.11 Å². The van der Waals surface area contributed by atoms with Crippen LogP contribution in [0.15, 0.2) is 47.3 Å². The molecule has 3 rings (SSSR count). The van der Waals surface area contributed by atoms with Gasteiger partial charge < -0.3 is 9.30 Å². The number of hydrogen-bond donors (Lipinski definition) is 0. The Morgan fingerprint density at radius 3 is 2.16 bits per heavy atom. The Hall–Kier alpha value is -2.41. The molecule has 0 amide bonds. The highest BCUT2D eigenvalue weighted by Crippen LogP contribution is 2.37. The predicted molar refractivity (Wildman–Crippen MR) is 119 cm³/mol. The van der Waals surface area contributed by atoms with Gasteiger partial charge >= 0.3 is 5.97 Å². The zero-order valence-corrected chi connectivity index (χ0v) is 18.7. The van der Waals surface area contributed by atoms with E-state index in [4.69, 9.17) is 39.5 Å². The molecule has 0 saturated heterocycles. The van der Waals surface area contributed by atoms with Gasteiger partial charge in [0.05, 0.1) is 34.1 Å². The van der Waals surface area contributed by atoms with E-state index < -0.39 is 23.5 Å². The second-order valence-electron chi connectivity index (χ2n) is 6.49. The van der Waals surface area contributed by atoms with E-state index in [9.17, 15) is 18.4 Å². The zero-order valence-electron chi connectivity index (χ0n) is 16.4. The molecule has 31 heavy (non-hydrogen) atoms. The van der Waals surface area contributed by atoms with Gasteiger partial charge in [0.15, 0.2) is 0 Å². The molecule has 0 radical (unpaired) electrons. The van der Waals surface area contributed by atoms with Crippen molar-refractivity contribution in [1.29, 1.82) is 0 Å². The maximum absolute atomic E-state index is 14.3. The van der Waals surface area contributed by atoms with E-state index in [0.29, 0.717) is 5.02 Å². The monoisotopic (exact) mass is 485 g/mol. The summed E-state index contributed by atoms with van der Waals surface area (Å²) in [7, 11) is 1.11. The first kappa shape index (κ1) is 23.3. The second-order valence-corrected chi connectivity index (χ2v) is 7.74. The Morgan fingerprint density at radius 2 is 1.65 bits per heavy atom. The average Bonchev–Trinajstić information content (AvgIpc) is 2.74. The molecule has 0 bridgehead atoms. The average molecular weight is 487 g/mol. The molecule has 0 saturated carbocycles. The molecule has 0 fully saturated rings. The van der Waals surface area contributed by atoms with Crippen molar-refractivity contribution in [1.82, 2.24) is 4.57 Å². The fourth-order valence-corrected chi connectivity index (χ4v) is 3.85. The van der Waals surface area contributed by atoms with Crippen LogP contribution in [-0.2, 0) is 11.3 Å². The first-order chi connectivity index (χ1) is 14.7. The number of carbonyl (C=O) groups excluding carboxylic acids is 1. The van der Waals surface area contributed by atoms with Crippen LogP contribution in [0, 0.1) is 0 Å². The van der Waals surface area contributed by atoms with Crippen LogP contribution in [0.2, 0.25) is 15.1 Å². The van der Waals surface area contributed by atoms with Gasteiger partial charge in [-0.2, -0.15) is 0 Å². The van der Waals surface area contributed by atoms with Gasteiger partial charge in [0, 0.05) is 17.1 Å². The largest absolute Gasteiger partial charge is 0.465 e. The molecule has 2 aromatic carbocycles. The zero-order chi connectivity index (χ0) is 22.9. The van der Waals surface area contributed by atoms with Crippen LogP contribution < -0.4 is 5.43 Å². The standard InChI is InChI=1S/C22H16Cl3F2NO3/c1-3-28-18(12-6-9-14(24)15(25)10-12)17(22(30)31-2)20(29)16(19(28)21(26)27)11-4-7-13(23)8-5-11/h4-10,21H,3H2,1-2H3. The molecule has 0 atom stereocenters. The molecular formula is C22H16Cl3F2NO3. The lowest BCUT2D eigenvalue weighted by Crippen LogP contribution is -2.27. The molecule has 0 aliphatic heterocycles. The minimum absolute atomic E-state index is 0.0223. The number of pyridine rings is 1. The van der Waals surface area contributed by atoms with Gasteiger partial charge in [-0.15, -0.1) is 0 Å². The van der Waals surface area contributed by atoms with Crippen molar-refractivity contribution in [3.8, 4) is 22.4 Å². The third-order valence-electron chi connectivity index (χ3n) is 4.75. The van der Waals surface area contributed by atoms with Crippen molar-refractivity contribution >= 4 is 40.8 Å². The molecule has 0 aliphatic rings. The highest BCUT2D eigenvalue weighted by molar-refractivity contribution is 6.42. The molecular weight excluding hydrogens is 471 g/mol. The Kier molecular flexibility index (Phi) is 7.04. The number of esters is 1. The van der Waals surface area contributed by atoms with Gasteiger partial charge in [-0.05, 0) is 36.8 Å². The summed E-state index contributed by atoms with van der Waals surface area (Å²) in [6.07, 6.45) is -3.01. The Labute approximate surface area is 191 Å². The number of benzene rings is 2. The van der Waals surface area contributed by atoms with Gasteiger partial charge in [0.1, 0.15) is 5.56 Å². The van der Waals surface area contributed by atoms with Crippen LogP contribution in [-0.4, -0.2) is 17.6 Å². The summed E-state index contributed by atoms with van der Waals surface area (Å²) in [5.41, 5.74) is -1.62. The van der Waals surface area contributed by atoms with E-state index in [1.165, 1.54) is 47.0 Å². The van der Waals surface area contributed by atoms with Crippen molar-refractivity contribution in [3.63, 3.8) is 0 Å². The predicted octanol–water partition coefficient (Wildman–Crippen LogP) is 6.89. The van der Waals surface area contributed by atoms with Crippen molar-refractivity contribution in [2.45, 2.75) is 19.9 Å². The summed E-state index contributed by atoms with van der Waals surface area (Å²) in [5.74, 6) is -0.954. The third kappa shape index (κ3) is 4.33. The van der Waals surface area contributed by atoms with Crippen LogP contribution in [0.4, 0.5) is 8.78 Å². The van der Waals surface area contributed by atoms with Gasteiger partial charge in [0.25, 0.3) is 6.43 Å². The SMILES string of the molecule is CCn1c(-c2ccc(Cl)c(Cl)c2)c(C(=O)OC)c(=O)c(-c2ccc(Cl)cc2)c1C(F)F. The number of carbonyl (C=O) groups is 1. The summed E-state index contributed by atoms with van der Waals surface area (Å²) >= 11 is 18.0. The van der Waals surface area contributed by atoms with Crippen molar-refractivity contribution in [2.75, 3.05) is 7.11 Å². The van der Waals surface area contributed by atoms with Crippen molar-refractivity contribution in [3.05, 3.63) is 79.0 Å². The smallest absolute Gasteiger partial charge is 0.344 e. The molecule has 0 spiro atoms. The van der Waals surface area contributed by atoms with Crippen molar-refractivity contribution in [2.24, 2.45) is 0 Å². The lowest BCUT2D eigenvalue weighted by atomic mass is 9.95. The Morgan fingerprint density at radius 1 is 1.03 bits per heavy atom. The maximum atomic E-state index is 14.3. The number of rotatable bonds is 5. The number of alkyl halides is 2. The van der Waals surface area contributed by atoms with Gasteiger partial charge in [-0.3, -0.25) is 4.79 Å². The quantitative estimate of drug-likeness (QED) is 0.369. The normalized spacial score (nSPS) is 11.1. The number of ether oxygens (including phenoxy) is 1. The summed E-state index contributed by atoms with van der Waals surface area (Å²) in [6.45, 7) is 1.67. The molecule has 3 aromatic rings. The van der Waals surface area contributed by atoms with E-state index in [-0.39, 0.29) is 44.5 Å². The van der Waals surface area contributed by atoms with E-state index in [2.05, 4.69) is 0 Å². The maximum Gasteiger partial charge on any atom is 0.344 e. The fourth-order valence-electron chi connectivity index (χ4n) is 3.43. The highest BCUT2D eigenvalue weighted by atomic mass is 35.5. The van der Waals surface area contributed by atoms with Gasteiger partial charge in [-0.1, -0.05) is 53.0 Å². The minimum Gasteiger partial charge on any atom is -0.465 e. The Bertz CT molecular complexity index is 1210. The number of hydrogen-bond acceptors (Lipinski definition) is 3. The highest BCUT2D eigenvalue weighted by Gasteiger charge is 2.31. The van der Waals surface area contributed by atoms with E-state index in [1.54, 1.807) is 6.92 Å². The van der Waals surface area contributed by atoms with Crippen LogP contribution in [0.5, 0.6) is 0 Å². The number of nitrogens with zero attached hydrogens (tertiary/aromatic N) is 1. The molecule has 0 aliphatic carbocycles. The molecule has 1 heterocycles. The van der Waals surface area contributed by atoms with Gasteiger partial charge in [0.2, 0.25) is 5.43 Å². The summed E-state index contributed by atoms with van der Waals surface area (Å²) in [6, 6.07) is 10.2. The molecule has 1 aromatic heterocycles. The number of methoxy groups -OCH3 is 1. The van der Waals surface area contributed by atoms with Gasteiger partial charge in [-0.25, -0.2) is 13.6 Å². The molecule has 4 nitrogen and oxygen atoms in total. The van der Waals surface area contributed by atoms with Crippen LogP contribution in [0.3, 0.4) is 0 Å². The molecule has 0 unspecified atom stereocenters. The lowest BCUT2D eigenvalue weighted by molar-refractivity contribution is 0.0598. The van der Waals surface area contributed by atoms with E-state index in [1.807, 2.05) is 0 Å². The molecule has 162 valence electrons. The number of halogens is 5. The second kappa shape index (κ2) is 9.39. The summed E-state index contributed by atoms with van der Waals surface area (Å²) in [5, 5.41) is 0.756. The lowest BCUT2D eigenvalue weighted by Gasteiger charge is -2.23. The minimum atomic E-state index is -3.01.